The summed E-state index contributed by atoms with van der Waals surface area (Å²) in [6, 6.07) is 13.8. The van der Waals surface area contributed by atoms with Crippen LogP contribution < -0.4 is 5.32 Å². The van der Waals surface area contributed by atoms with E-state index in [9.17, 15) is 13.2 Å². The summed E-state index contributed by atoms with van der Waals surface area (Å²) in [7, 11) is 0. The Morgan fingerprint density at radius 3 is 1.91 bits per heavy atom. The zero-order chi connectivity index (χ0) is 15.6. The van der Waals surface area contributed by atoms with Crippen molar-refractivity contribution >= 4 is 0 Å². The van der Waals surface area contributed by atoms with Crippen molar-refractivity contribution in [3.8, 4) is 11.1 Å². The van der Waals surface area contributed by atoms with E-state index >= 15 is 0 Å². The number of halogens is 3. The highest BCUT2D eigenvalue weighted by atomic mass is 19.4. The van der Waals surface area contributed by atoms with Gasteiger partial charge in [0.15, 0.2) is 0 Å². The quantitative estimate of drug-likeness (QED) is 0.805. The SMILES string of the molecule is FC(F)(F)c1ccc(-c2ccc([C@H]3CCCCN3)cc2)cc1. The summed E-state index contributed by atoms with van der Waals surface area (Å²) >= 11 is 0. The van der Waals surface area contributed by atoms with Crippen molar-refractivity contribution in [1.82, 2.24) is 5.32 Å². The number of rotatable bonds is 2. The van der Waals surface area contributed by atoms with Crippen LogP contribution >= 0.6 is 0 Å². The summed E-state index contributed by atoms with van der Waals surface area (Å²) < 4.78 is 37.7. The third-order valence-corrected chi connectivity index (χ3v) is 4.17. The molecule has 22 heavy (non-hydrogen) atoms. The van der Waals surface area contributed by atoms with Gasteiger partial charge in [0.2, 0.25) is 0 Å². The van der Waals surface area contributed by atoms with Gasteiger partial charge in [-0.1, -0.05) is 42.8 Å². The minimum atomic E-state index is -4.28. The van der Waals surface area contributed by atoms with E-state index in [-0.39, 0.29) is 0 Å². The fourth-order valence-electron chi connectivity index (χ4n) is 2.90. The Bertz CT molecular complexity index is 608. The highest BCUT2D eigenvalue weighted by Gasteiger charge is 2.29. The minimum Gasteiger partial charge on any atom is -0.310 e. The fraction of sp³-hybridized carbons (Fsp3) is 0.333. The Hall–Kier alpha value is -1.81. The van der Waals surface area contributed by atoms with E-state index in [1.165, 1.54) is 30.5 Å². The van der Waals surface area contributed by atoms with Crippen LogP contribution in [0.1, 0.15) is 36.4 Å². The number of hydrogen-bond acceptors (Lipinski definition) is 1. The van der Waals surface area contributed by atoms with Crippen LogP contribution in [-0.2, 0) is 6.18 Å². The van der Waals surface area contributed by atoms with Crippen molar-refractivity contribution in [3.05, 3.63) is 59.7 Å². The summed E-state index contributed by atoms with van der Waals surface area (Å²) in [5.41, 5.74) is 2.37. The van der Waals surface area contributed by atoms with Gasteiger partial charge in [0.25, 0.3) is 0 Å². The van der Waals surface area contributed by atoms with Crippen LogP contribution in [0.4, 0.5) is 13.2 Å². The zero-order valence-corrected chi connectivity index (χ0v) is 12.2. The van der Waals surface area contributed by atoms with E-state index in [2.05, 4.69) is 17.4 Å². The molecule has 1 atom stereocenters. The third-order valence-electron chi connectivity index (χ3n) is 4.17. The molecule has 4 heteroatoms. The predicted molar refractivity (Wildman–Crippen MR) is 81.5 cm³/mol. The van der Waals surface area contributed by atoms with E-state index in [4.69, 9.17) is 0 Å². The van der Waals surface area contributed by atoms with Crippen molar-refractivity contribution in [3.63, 3.8) is 0 Å². The molecule has 3 rings (SSSR count). The first-order chi connectivity index (χ1) is 10.5. The maximum absolute atomic E-state index is 12.6. The molecule has 1 aliphatic heterocycles. The molecule has 0 aliphatic carbocycles. The Kier molecular flexibility index (Phi) is 4.21. The van der Waals surface area contributed by atoms with E-state index in [0.29, 0.717) is 6.04 Å². The molecule has 0 saturated carbocycles. The molecule has 2 aromatic carbocycles. The van der Waals surface area contributed by atoms with Crippen molar-refractivity contribution < 1.29 is 13.2 Å². The molecule has 1 nitrogen and oxygen atoms in total. The monoisotopic (exact) mass is 305 g/mol. The molecule has 0 aromatic heterocycles. The molecule has 0 bridgehead atoms. The zero-order valence-electron chi connectivity index (χ0n) is 12.2. The average molecular weight is 305 g/mol. The van der Waals surface area contributed by atoms with Crippen molar-refractivity contribution in [1.29, 1.82) is 0 Å². The maximum Gasteiger partial charge on any atom is 0.416 e. The number of hydrogen-bond donors (Lipinski definition) is 1. The van der Waals surface area contributed by atoms with Crippen LogP contribution in [0.15, 0.2) is 48.5 Å². The molecular weight excluding hydrogens is 287 g/mol. The largest absolute Gasteiger partial charge is 0.416 e. The molecule has 0 unspecified atom stereocenters. The van der Waals surface area contributed by atoms with Crippen molar-refractivity contribution in [2.24, 2.45) is 0 Å². The highest BCUT2D eigenvalue weighted by molar-refractivity contribution is 5.64. The Labute approximate surface area is 128 Å². The molecule has 2 aromatic rings. The summed E-state index contributed by atoms with van der Waals surface area (Å²) in [5, 5.41) is 3.49. The number of alkyl halides is 3. The van der Waals surface area contributed by atoms with Gasteiger partial charge in [-0.2, -0.15) is 13.2 Å². The first-order valence-corrected chi connectivity index (χ1v) is 7.55. The van der Waals surface area contributed by atoms with Crippen molar-refractivity contribution in [2.75, 3.05) is 6.54 Å². The van der Waals surface area contributed by atoms with Gasteiger partial charge in [-0.15, -0.1) is 0 Å². The van der Waals surface area contributed by atoms with E-state index in [1.807, 2.05) is 12.1 Å². The van der Waals surface area contributed by atoms with Crippen molar-refractivity contribution in [2.45, 2.75) is 31.5 Å². The first kappa shape index (κ1) is 15.1. The van der Waals surface area contributed by atoms with Gasteiger partial charge in [-0.25, -0.2) is 0 Å². The second-order valence-corrected chi connectivity index (χ2v) is 5.70. The number of piperidine rings is 1. The Balaban J connectivity index is 1.77. The first-order valence-electron chi connectivity index (χ1n) is 7.55. The molecule has 0 spiro atoms. The molecular formula is C18H18F3N. The normalized spacial score (nSPS) is 19.1. The van der Waals surface area contributed by atoms with Gasteiger partial charge < -0.3 is 5.32 Å². The lowest BCUT2D eigenvalue weighted by molar-refractivity contribution is -0.137. The van der Waals surface area contributed by atoms with Crippen LogP contribution in [0, 0.1) is 0 Å². The molecule has 1 aliphatic rings. The minimum absolute atomic E-state index is 0.399. The molecule has 1 saturated heterocycles. The van der Waals surface area contributed by atoms with Crippen LogP contribution in [0.5, 0.6) is 0 Å². The van der Waals surface area contributed by atoms with Crippen LogP contribution in [0.25, 0.3) is 11.1 Å². The topological polar surface area (TPSA) is 12.0 Å². The average Bonchev–Trinajstić information content (AvgIpc) is 2.55. The molecule has 0 amide bonds. The summed E-state index contributed by atoms with van der Waals surface area (Å²) in [4.78, 5) is 0. The summed E-state index contributed by atoms with van der Waals surface area (Å²) in [6.07, 6.45) is -0.687. The third kappa shape index (κ3) is 3.33. The Morgan fingerprint density at radius 2 is 1.41 bits per heavy atom. The van der Waals surface area contributed by atoms with E-state index < -0.39 is 11.7 Å². The van der Waals surface area contributed by atoms with Crippen LogP contribution in [0.2, 0.25) is 0 Å². The molecule has 0 radical (unpaired) electrons. The van der Waals surface area contributed by atoms with Gasteiger partial charge in [-0.3, -0.25) is 0 Å². The summed E-state index contributed by atoms with van der Waals surface area (Å²) in [5.74, 6) is 0. The van der Waals surface area contributed by atoms with Gasteiger partial charge >= 0.3 is 6.18 Å². The lowest BCUT2D eigenvalue weighted by Gasteiger charge is -2.24. The Morgan fingerprint density at radius 1 is 0.818 bits per heavy atom. The van der Waals surface area contributed by atoms with E-state index in [1.54, 1.807) is 0 Å². The second-order valence-electron chi connectivity index (χ2n) is 5.70. The standard InChI is InChI=1S/C18H18F3N/c19-18(20,21)16-10-8-14(9-11-16)13-4-6-15(7-5-13)17-3-1-2-12-22-17/h4-11,17,22H,1-3,12H2/t17-/m1/s1. The van der Waals surface area contributed by atoms with Crippen LogP contribution in [0.3, 0.4) is 0 Å². The van der Waals surface area contributed by atoms with Gasteiger partial charge in [0, 0.05) is 6.04 Å². The van der Waals surface area contributed by atoms with E-state index in [0.717, 1.165) is 36.2 Å². The molecule has 1 N–H and O–H groups in total. The number of nitrogens with one attached hydrogen (secondary N) is 1. The molecule has 116 valence electrons. The lowest BCUT2D eigenvalue weighted by Crippen LogP contribution is -2.26. The number of benzene rings is 2. The van der Waals surface area contributed by atoms with Gasteiger partial charge in [0.1, 0.15) is 0 Å². The van der Waals surface area contributed by atoms with Gasteiger partial charge in [0.05, 0.1) is 5.56 Å². The lowest BCUT2D eigenvalue weighted by atomic mass is 9.95. The molecule has 1 heterocycles. The fourth-order valence-corrected chi connectivity index (χ4v) is 2.90. The molecule has 1 fully saturated rings. The second kappa shape index (κ2) is 6.13. The predicted octanol–water partition coefficient (Wildman–Crippen LogP) is 5.19. The van der Waals surface area contributed by atoms with Gasteiger partial charge in [-0.05, 0) is 48.2 Å². The highest BCUT2D eigenvalue weighted by Crippen LogP contribution is 2.31. The summed E-state index contributed by atoms with van der Waals surface area (Å²) in [6.45, 7) is 1.05. The van der Waals surface area contributed by atoms with Crippen LogP contribution in [-0.4, -0.2) is 6.54 Å². The smallest absolute Gasteiger partial charge is 0.310 e. The maximum atomic E-state index is 12.6.